The summed E-state index contributed by atoms with van der Waals surface area (Å²) in [4.78, 5) is 30.2. The minimum atomic E-state index is -0.320. The van der Waals surface area contributed by atoms with E-state index in [9.17, 15) is 9.59 Å². The van der Waals surface area contributed by atoms with Gasteiger partial charge in [-0.2, -0.15) is 0 Å². The molecule has 2 unspecified atom stereocenters. The predicted octanol–water partition coefficient (Wildman–Crippen LogP) is 3.91. The smallest absolute Gasteiger partial charge is 0.230 e. The summed E-state index contributed by atoms with van der Waals surface area (Å²) in [7, 11) is 0. The van der Waals surface area contributed by atoms with Gasteiger partial charge in [0.1, 0.15) is 0 Å². The number of Topliss-reactive ketones (excluding diaryl/α,β-unsaturated/α-hetero) is 1. The van der Waals surface area contributed by atoms with Gasteiger partial charge in [-0.3, -0.25) is 9.59 Å². The zero-order chi connectivity index (χ0) is 17.4. The Morgan fingerprint density at radius 1 is 1.12 bits per heavy atom. The quantitative estimate of drug-likeness (QED) is 0.777. The minimum Gasteiger partial charge on any atom is -0.338 e. The maximum absolute atomic E-state index is 13.3. The lowest BCUT2D eigenvalue weighted by Gasteiger charge is -2.39. The van der Waals surface area contributed by atoms with Crippen LogP contribution in [0.1, 0.15) is 60.4 Å². The molecule has 26 heavy (non-hydrogen) atoms. The zero-order valence-electron chi connectivity index (χ0n) is 15.0. The molecular formula is C20H26Cl2N2O2. The van der Waals surface area contributed by atoms with Crippen LogP contribution in [0.4, 0.5) is 0 Å². The molecule has 1 aromatic carbocycles. The molecule has 3 aliphatic rings. The Labute approximate surface area is 166 Å². The van der Waals surface area contributed by atoms with E-state index in [4.69, 9.17) is 11.6 Å². The molecule has 2 atom stereocenters. The molecule has 0 spiro atoms. The Morgan fingerprint density at radius 3 is 2.62 bits per heavy atom. The van der Waals surface area contributed by atoms with Crippen LogP contribution in [0, 0.1) is 0 Å². The first kappa shape index (κ1) is 19.7. The standard InChI is InChI=1S/C20H25ClN2O2.ClH/c21-14-6-7-16-17(11-14)19(24)12-18(16)20(25)23-10-2-1-5-15(23)13-22-8-3-4-9-22;/h6-7,11,15,18H,1-5,8-10,12-13H2;1H. The van der Waals surface area contributed by atoms with E-state index in [0.717, 1.165) is 44.6 Å². The highest BCUT2D eigenvalue weighted by Crippen LogP contribution is 2.37. The second-order valence-electron chi connectivity index (χ2n) is 7.60. The molecule has 0 aromatic heterocycles. The van der Waals surface area contributed by atoms with E-state index in [1.165, 1.54) is 19.3 Å². The number of benzene rings is 1. The van der Waals surface area contributed by atoms with Gasteiger partial charge in [0.2, 0.25) is 5.91 Å². The number of likely N-dealkylation sites (tertiary alicyclic amines) is 2. The van der Waals surface area contributed by atoms with E-state index in [2.05, 4.69) is 9.80 Å². The number of carbonyl (C=O) groups excluding carboxylic acids is 2. The Balaban J connectivity index is 0.00000196. The number of hydrogen-bond acceptors (Lipinski definition) is 3. The number of piperidine rings is 1. The van der Waals surface area contributed by atoms with Gasteiger partial charge in [0.15, 0.2) is 5.78 Å². The van der Waals surface area contributed by atoms with Crippen LogP contribution in [0.25, 0.3) is 0 Å². The van der Waals surface area contributed by atoms with Crippen molar-refractivity contribution in [3.05, 3.63) is 34.3 Å². The third-order valence-corrected chi connectivity index (χ3v) is 6.19. The molecule has 0 N–H and O–H groups in total. The van der Waals surface area contributed by atoms with Gasteiger partial charge in [-0.1, -0.05) is 17.7 Å². The molecule has 6 heteroatoms. The van der Waals surface area contributed by atoms with Crippen molar-refractivity contribution in [2.45, 2.75) is 50.5 Å². The van der Waals surface area contributed by atoms with Crippen LogP contribution >= 0.6 is 24.0 Å². The molecule has 0 bridgehead atoms. The summed E-state index contributed by atoms with van der Waals surface area (Å²) in [6.45, 7) is 4.12. The summed E-state index contributed by atoms with van der Waals surface area (Å²) in [6.07, 6.45) is 6.17. The number of rotatable bonds is 3. The maximum Gasteiger partial charge on any atom is 0.230 e. The largest absolute Gasteiger partial charge is 0.338 e. The van der Waals surface area contributed by atoms with Crippen molar-refractivity contribution in [3.8, 4) is 0 Å². The third kappa shape index (κ3) is 3.78. The predicted molar refractivity (Wildman–Crippen MR) is 105 cm³/mol. The number of hydrogen-bond donors (Lipinski definition) is 0. The number of amides is 1. The highest BCUT2D eigenvalue weighted by atomic mass is 35.5. The maximum atomic E-state index is 13.3. The third-order valence-electron chi connectivity index (χ3n) is 5.96. The SMILES string of the molecule is Cl.O=C1CC(C(=O)N2CCCCC2CN2CCCC2)c2ccc(Cl)cc21. The fraction of sp³-hybridized carbons (Fsp3) is 0.600. The fourth-order valence-corrected chi connectivity index (χ4v) is 4.82. The lowest BCUT2D eigenvalue weighted by molar-refractivity contribution is -0.136. The first-order chi connectivity index (χ1) is 12.1. The topological polar surface area (TPSA) is 40.6 Å². The Kier molecular flexibility index (Phi) is 6.26. The van der Waals surface area contributed by atoms with Crippen molar-refractivity contribution in [2.75, 3.05) is 26.2 Å². The summed E-state index contributed by atoms with van der Waals surface area (Å²) in [5.74, 6) is -0.138. The van der Waals surface area contributed by atoms with Gasteiger partial charge in [-0.15, -0.1) is 12.4 Å². The molecule has 2 fully saturated rings. The Bertz CT molecular complexity index is 688. The van der Waals surface area contributed by atoms with E-state index < -0.39 is 0 Å². The Hall–Kier alpha value is -1.10. The van der Waals surface area contributed by atoms with Gasteiger partial charge in [0, 0.05) is 36.1 Å². The normalized spacial score (nSPS) is 25.9. The van der Waals surface area contributed by atoms with Crippen LogP contribution in [0.3, 0.4) is 0 Å². The number of carbonyl (C=O) groups is 2. The van der Waals surface area contributed by atoms with Gasteiger partial charge in [0.25, 0.3) is 0 Å². The minimum absolute atomic E-state index is 0. The number of halogens is 2. The van der Waals surface area contributed by atoms with E-state index in [0.29, 0.717) is 23.0 Å². The van der Waals surface area contributed by atoms with Crippen LogP contribution in [-0.4, -0.2) is 53.7 Å². The summed E-state index contributed by atoms with van der Waals surface area (Å²) in [5.41, 5.74) is 1.50. The average Bonchev–Trinajstić information content (AvgIpc) is 3.23. The van der Waals surface area contributed by atoms with Crippen molar-refractivity contribution in [1.82, 2.24) is 9.80 Å². The van der Waals surface area contributed by atoms with Gasteiger partial charge in [0.05, 0.1) is 5.92 Å². The fourth-order valence-electron chi connectivity index (χ4n) is 4.64. The van der Waals surface area contributed by atoms with E-state index >= 15 is 0 Å². The molecule has 2 heterocycles. The lowest BCUT2D eigenvalue weighted by Crippen LogP contribution is -2.50. The first-order valence-corrected chi connectivity index (χ1v) is 9.87. The highest BCUT2D eigenvalue weighted by molar-refractivity contribution is 6.31. The lowest BCUT2D eigenvalue weighted by atomic mass is 9.95. The van der Waals surface area contributed by atoms with Crippen LogP contribution in [0.15, 0.2) is 18.2 Å². The first-order valence-electron chi connectivity index (χ1n) is 9.49. The molecule has 142 valence electrons. The van der Waals surface area contributed by atoms with Gasteiger partial charge < -0.3 is 9.80 Å². The van der Waals surface area contributed by atoms with Crippen molar-refractivity contribution >= 4 is 35.7 Å². The second kappa shape index (κ2) is 8.28. The second-order valence-corrected chi connectivity index (χ2v) is 8.04. The van der Waals surface area contributed by atoms with E-state index in [1.807, 2.05) is 6.07 Å². The molecular weight excluding hydrogens is 371 g/mol. The molecule has 0 saturated carbocycles. The molecule has 4 nitrogen and oxygen atoms in total. The molecule has 2 saturated heterocycles. The van der Waals surface area contributed by atoms with Crippen LogP contribution in [0.2, 0.25) is 5.02 Å². The molecule has 0 radical (unpaired) electrons. The van der Waals surface area contributed by atoms with Crippen molar-refractivity contribution in [1.29, 1.82) is 0 Å². The van der Waals surface area contributed by atoms with Crippen molar-refractivity contribution in [2.24, 2.45) is 0 Å². The summed E-state index contributed by atoms with van der Waals surface area (Å²) < 4.78 is 0. The Morgan fingerprint density at radius 2 is 1.85 bits per heavy atom. The van der Waals surface area contributed by atoms with Gasteiger partial charge >= 0.3 is 0 Å². The van der Waals surface area contributed by atoms with E-state index in [-0.39, 0.29) is 30.0 Å². The summed E-state index contributed by atoms with van der Waals surface area (Å²) in [5, 5.41) is 0.560. The summed E-state index contributed by atoms with van der Waals surface area (Å²) in [6, 6.07) is 5.66. The monoisotopic (exact) mass is 396 g/mol. The zero-order valence-corrected chi connectivity index (χ0v) is 16.5. The molecule has 4 rings (SSSR count). The molecule has 2 aliphatic heterocycles. The number of ketones is 1. The van der Waals surface area contributed by atoms with E-state index in [1.54, 1.807) is 12.1 Å². The van der Waals surface area contributed by atoms with Crippen molar-refractivity contribution in [3.63, 3.8) is 0 Å². The molecule has 1 aromatic rings. The van der Waals surface area contributed by atoms with Crippen LogP contribution < -0.4 is 0 Å². The average molecular weight is 397 g/mol. The van der Waals surface area contributed by atoms with Crippen molar-refractivity contribution < 1.29 is 9.59 Å². The number of nitrogens with zero attached hydrogens (tertiary/aromatic N) is 2. The highest BCUT2D eigenvalue weighted by Gasteiger charge is 2.39. The van der Waals surface area contributed by atoms with Crippen LogP contribution in [0.5, 0.6) is 0 Å². The van der Waals surface area contributed by atoms with Crippen LogP contribution in [-0.2, 0) is 4.79 Å². The molecule has 1 aliphatic carbocycles. The van der Waals surface area contributed by atoms with Gasteiger partial charge in [-0.25, -0.2) is 0 Å². The van der Waals surface area contributed by atoms with Gasteiger partial charge in [-0.05, 0) is 62.9 Å². The summed E-state index contributed by atoms with van der Waals surface area (Å²) >= 11 is 6.03. The molecule has 1 amide bonds. The number of fused-ring (bicyclic) bond motifs is 1.